The van der Waals surface area contributed by atoms with Crippen LogP contribution in [-0.4, -0.2) is 37.0 Å². The van der Waals surface area contributed by atoms with E-state index in [4.69, 9.17) is 5.73 Å². The van der Waals surface area contributed by atoms with Crippen molar-refractivity contribution in [1.82, 2.24) is 4.90 Å². The maximum atomic E-state index is 14.1. The number of nitrogens with two attached hydrogens (primary N) is 1. The zero-order valence-electron chi connectivity index (χ0n) is 12.5. The third kappa shape index (κ3) is 3.73. The summed E-state index contributed by atoms with van der Waals surface area (Å²) in [6.45, 7) is 4.14. The number of nitrogens with zero attached hydrogens (tertiary/aromatic N) is 2. The molecule has 2 heterocycles. The monoisotopic (exact) mass is 397 g/mol. The third-order valence-corrected chi connectivity index (χ3v) is 5.27. The van der Waals surface area contributed by atoms with E-state index >= 15 is 0 Å². The van der Waals surface area contributed by atoms with Gasteiger partial charge in [0.1, 0.15) is 5.82 Å². The Kier molecular flexibility index (Phi) is 4.99. The Bertz CT molecular complexity index is 700. The first-order valence-electron chi connectivity index (χ1n) is 7.33. The van der Waals surface area contributed by atoms with Crippen molar-refractivity contribution >= 4 is 38.9 Å². The van der Waals surface area contributed by atoms with Gasteiger partial charge < -0.3 is 10.6 Å². The van der Waals surface area contributed by atoms with E-state index in [1.165, 1.54) is 10.9 Å². The smallest absolute Gasteiger partial charge is 0.253 e. The molecule has 0 unspecified atom stereocenters. The third-order valence-electron chi connectivity index (χ3n) is 3.95. The Morgan fingerprint density at radius 2 is 2.04 bits per heavy atom. The van der Waals surface area contributed by atoms with Crippen LogP contribution in [0.3, 0.4) is 0 Å². The van der Waals surface area contributed by atoms with E-state index in [-0.39, 0.29) is 5.56 Å². The first kappa shape index (κ1) is 16.4. The van der Waals surface area contributed by atoms with Crippen LogP contribution in [-0.2, 0) is 6.54 Å². The average molecular weight is 398 g/mol. The maximum Gasteiger partial charge on any atom is 0.253 e. The fourth-order valence-electron chi connectivity index (χ4n) is 2.82. The molecule has 1 saturated heterocycles. The predicted molar refractivity (Wildman–Crippen MR) is 94.4 cm³/mol. The van der Waals surface area contributed by atoms with Crippen LogP contribution in [0.15, 0.2) is 34.1 Å². The summed E-state index contributed by atoms with van der Waals surface area (Å²) in [6.07, 6.45) is 0. The van der Waals surface area contributed by atoms with Crippen LogP contribution in [0.25, 0.3) is 0 Å². The summed E-state index contributed by atoms with van der Waals surface area (Å²) in [5, 5.41) is 2.08. The molecule has 122 valence electrons. The van der Waals surface area contributed by atoms with Crippen LogP contribution in [0, 0.1) is 5.82 Å². The van der Waals surface area contributed by atoms with Crippen LogP contribution in [0.1, 0.15) is 15.2 Å². The normalized spacial score (nSPS) is 15.8. The van der Waals surface area contributed by atoms with Gasteiger partial charge in [-0.25, -0.2) is 4.39 Å². The minimum absolute atomic E-state index is 0.0279. The van der Waals surface area contributed by atoms with Gasteiger partial charge in [-0.05, 0) is 23.6 Å². The molecule has 1 aliphatic heterocycles. The first-order valence-corrected chi connectivity index (χ1v) is 9.00. The fraction of sp³-hybridized carbons (Fsp3) is 0.312. The van der Waals surface area contributed by atoms with Gasteiger partial charge in [-0.2, -0.15) is 0 Å². The Labute approximate surface area is 146 Å². The van der Waals surface area contributed by atoms with Gasteiger partial charge in [0, 0.05) is 42.1 Å². The minimum atomic E-state index is -0.731. The highest BCUT2D eigenvalue weighted by Crippen LogP contribution is 2.29. The second-order valence-corrected chi connectivity index (χ2v) is 7.44. The molecule has 2 aromatic rings. The molecule has 7 heteroatoms. The van der Waals surface area contributed by atoms with Crippen LogP contribution in [0.4, 0.5) is 10.1 Å². The van der Waals surface area contributed by atoms with E-state index in [2.05, 4.69) is 38.3 Å². The van der Waals surface area contributed by atoms with Crippen LogP contribution < -0.4 is 10.6 Å². The Morgan fingerprint density at radius 3 is 2.65 bits per heavy atom. The highest BCUT2D eigenvalue weighted by atomic mass is 79.9. The molecule has 0 spiro atoms. The summed E-state index contributed by atoms with van der Waals surface area (Å²) in [7, 11) is 0. The molecule has 0 atom stereocenters. The van der Waals surface area contributed by atoms with Crippen molar-refractivity contribution in [2.24, 2.45) is 5.73 Å². The molecule has 23 heavy (non-hydrogen) atoms. The van der Waals surface area contributed by atoms with Gasteiger partial charge in [0.25, 0.3) is 5.91 Å². The predicted octanol–water partition coefficient (Wildman–Crippen LogP) is 3.07. The van der Waals surface area contributed by atoms with Crippen molar-refractivity contribution in [3.63, 3.8) is 0 Å². The molecule has 0 bridgehead atoms. The van der Waals surface area contributed by atoms with E-state index in [9.17, 15) is 9.18 Å². The minimum Gasteiger partial charge on any atom is -0.368 e. The number of thiophene rings is 1. The van der Waals surface area contributed by atoms with Crippen LogP contribution >= 0.6 is 27.3 Å². The molecule has 1 fully saturated rings. The molecule has 1 amide bonds. The van der Waals surface area contributed by atoms with Gasteiger partial charge in [0.2, 0.25) is 0 Å². The average Bonchev–Trinajstić information content (AvgIpc) is 2.99. The summed E-state index contributed by atoms with van der Waals surface area (Å²) in [5.41, 5.74) is 5.90. The Balaban J connectivity index is 1.73. The van der Waals surface area contributed by atoms with Gasteiger partial charge >= 0.3 is 0 Å². The van der Waals surface area contributed by atoms with Gasteiger partial charge in [-0.15, -0.1) is 11.3 Å². The van der Waals surface area contributed by atoms with Crippen molar-refractivity contribution in [2.75, 3.05) is 31.1 Å². The van der Waals surface area contributed by atoms with Crippen LogP contribution in [0.2, 0.25) is 0 Å². The fourth-order valence-corrected chi connectivity index (χ4v) is 3.99. The SMILES string of the molecule is NC(=O)c1c(F)cc(Br)cc1N1CCN(Cc2cccs2)CC1. The molecule has 3 rings (SSSR count). The Morgan fingerprint density at radius 1 is 1.30 bits per heavy atom. The largest absolute Gasteiger partial charge is 0.368 e. The number of carbonyl (C=O) groups is 1. The van der Waals surface area contributed by atoms with Crippen molar-refractivity contribution in [2.45, 2.75) is 6.54 Å². The zero-order chi connectivity index (χ0) is 16.4. The van der Waals surface area contributed by atoms with Gasteiger partial charge in [-0.1, -0.05) is 22.0 Å². The second-order valence-electron chi connectivity index (χ2n) is 5.49. The number of primary amides is 1. The lowest BCUT2D eigenvalue weighted by molar-refractivity contribution is 0.0996. The number of hydrogen-bond acceptors (Lipinski definition) is 4. The lowest BCUT2D eigenvalue weighted by Crippen LogP contribution is -2.46. The van der Waals surface area contributed by atoms with Crippen molar-refractivity contribution < 1.29 is 9.18 Å². The van der Waals surface area contributed by atoms with E-state index in [1.54, 1.807) is 17.4 Å². The molecule has 4 nitrogen and oxygen atoms in total. The Hall–Kier alpha value is -1.44. The lowest BCUT2D eigenvalue weighted by Gasteiger charge is -2.36. The number of hydrogen-bond donors (Lipinski definition) is 1. The standard InChI is InChI=1S/C16H17BrFN3OS/c17-11-8-13(18)15(16(19)22)14(9-11)21-5-3-20(4-6-21)10-12-2-1-7-23-12/h1-2,7-9H,3-6,10H2,(H2,19,22). The number of rotatable bonds is 4. The highest BCUT2D eigenvalue weighted by molar-refractivity contribution is 9.10. The molecule has 0 radical (unpaired) electrons. The van der Waals surface area contributed by atoms with E-state index in [0.717, 1.165) is 32.7 Å². The molecule has 0 saturated carbocycles. The molecule has 2 N–H and O–H groups in total. The maximum absolute atomic E-state index is 14.1. The summed E-state index contributed by atoms with van der Waals surface area (Å²) < 4.78 is 14.7. The van der Waals surface area contributed by atoms with Gasteiger partial charge in [0.05, 0.1) is 11.3 Å². The quantitative estimate of drug-likeness (QED) is 0.862. The van der Waals surface area contributed by atoms with Crippen molar-refractivity contribution in [3.05, 3.63) is 50.4 Å². The number of amides is 1. The van der Waals surface area contributed by atoms with Crippen molar-refractivity contribution in [1.29, 1.82) is 0 Å². The molecule has 1 aromatic heterocycles. The van der Waals surface area contributed by atoms with E-state index < -0.39 is 11.7 Å². The number of benzene rings is 1. The number of piperazine rings is 1. The van der Waals surface area contributed by atoms with Gasteiger partial charge in [0.15, 0.2) is 0 Å². The topological polar surface area (TPSA) is 49.6 Å². The zero-order valence-corrected chi connectivity index (χ0v) is 14.9. The first-order chi connectivity index (χ1) is 11.0. The molecular formula is C16H17BrFN3OS. The van der Waals surface area contributed by atoms with E-state index in [0.29, 0.717) is 10.2 Å². The molecule has 1 aliphatic rings. The summed E-state index contributed by atoms with van der Waals surface area (Å²) >= 11 is 5.04. The summed E-state index contributed by atoms with van der Waals surface area (Å²) in [6, 6.07) is 7.22. The lowest BCUT2D eigenvalue weighted by atomic mass is 10.1. The van der Waals surface area contributed by atoms with Crippen LogP contribution in [0.5, 0.6) is 0 Å². The highest BCUT2D eigenvalue weighted by Gasteiger charge is 2.24. The molecular weight excluding hydrogens is 381 g/mol. The van der Waals surface area contributed by atoms with E-state index in [1.807, 2.05) is 4.90 Å². The molecule has 1 aromatic carbocycles. The summed E-state index contributed by atoms with van der Waals surface area (Å²) in [4.78, 5) is 17.3. The molecule has 0 aliphatic carbocycles. The van der Waals surface area contributed by atoms with Crippen molar-refractivity contribution in [3.8, 4) is 0 Å². The van der Waals surface area contributed by atoms with Gasteiger partial charge in [-0.3, -0.25) is 9.69 Å². The number of carbonyl (C=O) groups excluding carboxylic acids is 1. The second kappa shape index (κ2) is 6.98. The summed E-state index contributed by atoms with van der Waals surface area (Å²) in [5.74, 6) is -1.31. The number of halogens is 2. The number of anilines is 1.